The van der Waals surface area contributed by atoms with Gasteiger partial charge in [-0.2, -0.15) is 0 Å². The minimum Gasteiger partial charge on any atom is -0.352 e. The third-order valence-electron chi connectivity index (χ3n) is 4.70. The molecule has 132 valence electrons. The van der Waals surface area contributed by atoms with Gasteiger partial charge >= 0.3 is 0 Å². The molecular weight excluding hydrogens is 342 g/mol. The van der Waals surface area contributed by atoms with Crippen LogP contribution in [0.2, 0.25) is 0 Å². The van der Waals surface area contributed by atoms with Gasteiger partial charge < -0.3 is 14.8 Å². The predicted octanol–water partition coefficient (Wildman–Crippen LogP) is 3.65. The SMILES string of the molecule is CC(C)N1C(=S)N[C@H](c2ccccn2)[C@@H]1c1cccn1-c1cccnc1. The molecule has 1 saturated heterocycles. The van der Waals surface area contributed by atoms with Gasteiger partial charge in [-0.05, 0) is 62.5 Å². The summed E-state index contributed by atoms with van der Waals surface area (Å²) in [4.78, 5) is 11.1. The van der Waals surface area contributed by atoms with Crippen molar-refractivity contribution < 1.29 is 0 Å². The number of thiocarbonyl (C=S) groups is 1. The van der Waals surface area contributed by atoms with Crippen LogP contribution in [0.5, 0.6) is 0 Å². The van der Waals surface area contributed by atoms with Crippen LogP contribution in [-0.4, -0.2) is 30.6 Å². The molecule has 4 rings (SSSR count). The molecule has 0 unspecified atom stereocenters. The summed E-state index contributed by atoms with van der Waals surface area (Å²) >= 11 is 5.67. The van der Waals surface area contributed by atoms with Crippen LogP contribution in [0.4, 0.5) is 0 Å². The van der Waals surface area contributed by atoms with Gasteiger partial charge in [0.2, 0.25) is 0 Å². The zero-order valence-electron chi connectivity index (χ0n) is 14.8. The summed E-state index contributed by atoms with van der Waals surface area (Å²) in [5, 5.41) is 4.25. The van der Waals surface area contributed by atoms with Crippen molar-refractivity contribution in [3.63, 3.8) is 0 Å². The molecule has 1 aliphatic rings. The van der Waals surface area contributed by atoms with Gasteiger partial charge in [-0.3, -0.25) is 9.97 Å². The third kappa shape index (κ3) is 2.86. The largest absolute Gasteiger partial charge is 0.352 e. The molecule has 0 bridgehead atoms. The molecule has 0 amide bonds. The lowest BCUT2D eigenvalue weighted by atomic mass is 10.0. The Bertz CT molecular complexity index is 891. The van der Waals surface area contributed by atoms with Gasteiger partial charge in [0.15, 0.2) is 5.11 Å². The molecule has 2 atom stereocenters. The maximum atomic E-state index is 5.67. The van der Waals surface area contributed by atoms with Crippen LogP contribution in [-0.2, 0) is 0 Å². The molecule has 26 heavy (non-hydrogen) atoms. The second kappa shape index (κ2) is 6.88. The Morgan fingerprint density at radius 1 is 1.08 bits per heavy atom. The van der Waals surface area contributed by atoms with E-state index in [0.717, 1.165) is 22.2 Å². The summed E-state index contributed by atoms with van der Waals surface area (Å²) in [5.41, 5.74) is 3.19. The zero-order valence-corrected chi connectivity index (χ0v) is 15.6. The van der Waals surface area contributed by atoms with Gasteiger partial charge in [0.05, 0.1) is 29.7 Å². The highest BCUT2D eigenvalue weighted by Crippen LogP contribution is 2.40. The third-order valence-corrected chi connectivity index (χ3v) is 5.03. The molecule has 3 aromatic heterocycles. The van der Waals surface area contributed by atoms with Crippen molar-refractivity contribution in [3.8, 4) is 5.69 Å². The number of hydrogen-bond acceptors (Lipinski definition) is 3. The molecule has 1 fully saturated rings. The Labute approximate surface area is 158 Å². The fourth-order valence-corrected chi connectivity index (χ4v) is 4.06. The Hall–Kier alpha value is -2.73. The molecule has 0 aromatic carbocycles. The zero-order chi connectivity index (χ0) is 18.1. The molecular formula is C20H21N5S. The summed E-state index contributed by atoms with van der Waals surface area (Å²) in [5.74, 6) is 0. The second-order valence-electron chi connectivity index (χ2n) is 6.64. The quantitative estimate of drug-likeness (QED) is 0.717. The normalized spacial score (nSPS) is 19.8. The molecule has 1 N–H and O–H groups in total. The number of hydrogen-bond donors (Lipinski definition) is 1. The van der Waals surface area contributed by atoms with Gasteiger partial charge in [-0.15, -0.1) is 0 Å². The van der Waals surface area contributed by atoms with Crippen molar-refractivity contribution >= 4 is 17.3 Å². The van der Waals surface area contributed by atoms with Gasteiger partial charge in [0.1, 0.15) is 0 Å². The maximum absolute atomic E-state index is 5.67. The lowest BCUT2D eigenvalue weighted by molar-refractivity contribution is 0.262. The first-order chi connectivity index (χ1) is 12.7. The number of nitrogens with zero attached hydrogens (tertiary/aromatic N) is 4. The molecule has 0 radical (unpaired) electrons. The molecule has 1 aliphatic heterocycles. The van der Waals surface area contributed by atoms with Crippen molar-refractivity contribution in [2.75, 3.05) is 0 Å². The second-order valence-corrected chi connectivity index (χ2v) is 7.03. The van der Waals surface area contributed by atoms with Crippen molar-refractivity contribution in [1.82, 2.24) is 24.8 Å². The Balaban J connectivity index is 1.83. The first kappa shape index (κ1) is 16.7. The smallest absolute Gasteiger partial charge is 0.170 e. The average Bonchev–Trinajstić information content (AvgIpc) is 3.27. The van der Waals surface area contributed by atoms with Gasteiger partial charge in [-0.25, -0.2) is 0 Å². The number of rotatable bonds is 4. The summed E-state index contributed by atoms with van der Waals surface area (Å²) < 4.78 is 2.18. The average molecular weight is 363 g/mol. The van der Waals surface area contributed by atoms with E-state index in [1.54, 1.807) is 6.20 Å². The van der Waals surface area contributed by atoms with Crippen LogP contribution in [0.15, 0.2) is 67.3 Å². The Kier molecular flexibility index (Phi) is 4.42. The summed E-state index contributed by atoms with van der Waals surface area (Å²) in [6, 6.07) is 14.5. The fourth-order valence-electron chi connectivity index (χ4n) is 3.60. The van der Waals surface area contributed by atoms with E-state index in [9.17, 15) is 0 Å². The van der Waals surface area contributed by atoms with Crippen molar-refractivity contribution in [2.24, 2.45) is 0 Å². The first-order valence-corrected chi connectivity index (χ1v) is 9.15. The van der Waals surface area contributed by atoms with Crippen molar-refractivity contribution in [3.05, 3.63) is 78.6 Å². The molecule has 3 aromatic rings. The van der Waals surface area contributed by atoms with Gasteiger partial charge in [0, 0.05) is 30.3 Å². The maximum Gasteiger partial charge on any atom is 0.170 e. The highest BCUT2D eigenvalue weighted by atomic mass is 32.1. The lowest BCUT2D eigenvalue weighted by Crippen LogP contribution is -2.36. The van der Waals surface area contributed by atoms with E-state index in [2.05, 4.69) is 69.1 Å². The minimum atomic E-state index is -0.00331. The highest BCUT2D eigenvalue weighted by molar-refractivity contribution is 7.80. The molecule has 6 heteroatoms. The molecule has 0 spiro atoms. The van der Waals surface area contributed by atoms with Crippen LogP contribution in [0.25, 0.3) is 5.69 Å². The van der Waals surface area contributed by atoms with E-state index in [1.807, 2.05) is 30.6 Å². The topological polar surface area (TPSA) is 46.0 Å². The number of pyridine rings is 2. The first-order valence-electron chi connectivity index (χ1n) is 8.74. The van der Waals surface area contributed by atoms with Crippen LogP contribution >= 0.6 is 12.2 Å². The standard InChI is InChI=1S/C20H21N5S/c1-14(2)25-19(18(23-20(25)26)16-8-3-4-11-22-16)17-9-6-12-24(17)15-7-5-10-21-13-15/h3-14,18-19H,1-2H3,(H,23,26)/t18-,19+/m1/s1. The highest BCUT2D eigenvalue weighted by Gasteiger charge is 2.42. The van der Waals surface area contributed by atoms with E-state index < -0.39 is 0 Å². The Morgan fingerprint density at radius 3 is 2.65 bits per heavy atom. The molecule has 0 aliphatic carbocycles. The Morgan fingerprint density at radius 2 is 1.96 bits per heavy atom. The van der Waals surface area contributed by atoms with Crippen molar-refractivity contribution in [1.29, 1.82) is 0 Å². The lowest BCUT2D eigenvalue weighted by Gasteiger charge is -2.31. The van der Waals surface area contributed by atoms with E-state index in [4.69, 9.17) is 12.2 Å². The molecule has 4 heterocycles. The van der Waals surface area contributed by atoms with E-state index in [1.165, 1.54) is 0 Å². The summed E-state index contributed by atoms with van der Waals surface area (Å²) in [7, 11) is 0. The van der Waals surface area contributed by atoms with Crippen molar-refractivity contribution in [2.45, 2.75) is 32.0 Å². The number of aromatic nitrogens is 3. The van der Waals surface area contributed by atoms with Gasteiger partial charge in [-0.1, -0.05) is 6.07 Å². The van der Waals surface area contributed by atoms with E-state index in [0.29, 0.717) is 0 Å². The van der Waals surface area contributed by atoms with Gasteiger partial charge in [0.25, 0.3) is 0 Å². The molecule has 0 saturated carbocycles. The summed E-state index contributed by atoms with van der Waals surface area (Å²) in [6.45, 7) is 4.33. The van der Waals surface area contributed by atoms with E-state index >= 15 is 0 Å². The fraction of sp³-hybridized carbons (Fsp3) is 0.250. The number of nitrogens with one attached hydrogen (secondary N) is 1. The van der Waals surface area contributed by atoms with E-state index in [-0.39, 0.29) is 18.1 Å². The van der Waals surface area contributed by atoms with Crippen LogP contribution in [0.1, 0.15) is 37.3 Å². The summed E-state index contributed by atoms with van der Waals surface area (Å²) in [6.07, 6.45) is 7.56. The minimum absolute atomic E-state index is 0.00331. The monoisotopic (exact) mass is 363 g/mol. The molecule has 5 nitrogen and oxygen atoms in total. The predicted molar refractivity (Wildman–Crippen MR) is 106 cm³/mol. The van der Waals surface area contributed by atoms with Crippen LogP contribution < -0.4 is 5.32 Å². The van der Waals surface area contributed by atoms with Crippen LogP contribution in [0, 0.1) is 0 Å². The van der Waals surface area contributed by atoms with Crippen LogP contribution in [0.3, 0.4) is 0 Å².